The van der Waals surface area contributed by atoms with Gasteiger partial charge in [0, 0.05) is 5.69 Å². The van der Waals surface area contributed by atoms with Crippen molar-refractivity contribution in [2.24, 2.45) is 5.73 Å². The third-order valence-electron chi connectivity index (χ3n) is 2.09. The zero-order valence-corrected chi connectivity index (χ0v) is 7.66. The average molecular weight is 178 g/mol. The summed E-state index contributed by atoms with van der Waals surface area (Å²) in [5, 5.41) is 0. The molecule has 1 unspecified atom stereocenters. The number of nitrogens with two attached hydrogens (primary N) is 2. The van der Waals surface area contributed by atoms with Crippen LogP contribution in [0.3, 0.4) is 0 Å². The molecule has 1 aromatic rings. The number of hydrogen-bond donors (Lipinski definition) is 2. The van der Waals surface area contributed by atoms with E-state index >= 15 is 0 Å². The lowest BCUT2D eigenvalue weighted by Gasteiger charge is -2.10. The SMILES string of the molecule is CCC(C(N)=O)c1ccc(N)cc1. The number of carbonyl (C=O) groups is 1. The van der Waals surface area contributed by atoms with Crippen molar-refractivity contribution >= 4 is 11.6 Å². The molecule has 0 bridgehead atoms. The fourth-order valence-corrected chi connectivity index (χ4v) is 1.33. The maximum Gasteiger partial charge on any atom is 0.224 e. The monoisotopic (exact) mass is 178 g/mol. The van der Waals surface area contributed by atoms with Gasteiger partial charge in [-0.1, -0.05) is 19.1 Å². The first-order valence-corrected chi connectivity index (χ1v) is 4.30. The van der Waals surface area contributed by atoms with Crippen molar-refractivity contribution in [3.8, 4) is 0 Å². The molecule has 0 saturated heterocycles. The maximum absolute atomic E-state index is 11.0. The van der Waals surface area contributed by atoms with E-state index in [0.29, 0.717) is 5.69 Å². The maximum atomic E-state index is 11.0. The highest BCUT2D eigenvalue weighted by Crippen LogP contribution is 2.19. The highest BCUT2D eigenvalue weighted by molar-refractivity contribution is 5.81. The molecule has 1 amide bonds. The van der Waals surface area contributed by atoms with Gasteiger partial charge in [0.2, 0.25) is 5.91 Å². The lowest BCUT2D eigenvalue weighted by molar-refractivity contribution is -0.119. The molecule has 0 heterocycles. The zero-order valence-electron chi connectivity index (χ0n) is 7.66. The predicted octanol–water partition coefficient (Wildman–Crippen LogP) is 1.25. The minimum Gasteiger partial charge on any atom is -0.399 e. The Labute approximate surface area is 77.7 Å². The van der Waals surface area contributed by atoms with E-state index in [2.05, 4.69) is 0 Å². The number of carbonyl (C=O) groups excluding carboxylic acids is 1. The van der Waals surface area contributed by atoms with Gasteiger partial charge in [-0.3, -0.25) is 4.79 Å². The number of hydrogen-bond acceptors (Lipinski definition) is 2. The molecule has 13 heavy (non-hydrogen) atoms. The van der Waals surface area contributed by atoms with Gasteiger partial charge in [-0.2, -0.15) is 0 Å². The van der Waals surface area contributed by atoms with Crippen LogP contribution < -0.4 is 11.5 Å². The highest BCUT2D eigenvalue weighted by atomic mass is 16.1. The van der Waals surface area contributed by atoms with Gasteiger partial charge in [0.05, 0.1) is 5.92 Å². The summed E-state index contributed by atoms with van der Waals surface area (Å²) in [6.45, 7) is 1.94. The number of nitrogen functional groups attached to an aromatic ring is 1. The Hall–Kier alpha value is -1.51. The van der Waals surface area contributed by atoms with Crippen molar-refractivity contribution in [1.29, 1.82) is 0 Å². The molecule has 0 spiro atoms. The van der Waals surface area contributed by atoms with Crippen LogP contribution in [0.1, 0.15) is 24.8 Å². The van der Waals surface area contributed by atoms with Crippen molar-refractivity contribution < 1.29 is 4.79 Å². The summed E-state index contributed by atoms with van der Waals surface area (Å²) in [5.74, 6) is -0.479. The summed E-state index contributed by atoms with van der Waals surface area (Å²) in [6, 6.07) is 7.24. The normalized spacial score (nSPS) is 12.4. The minimum absolute atomic E-state index is 0.194. The summed E-state index contributed by atoms with van der Waals surface area (Å²) in [5.41, 5.74) is 12.4. The van der Waals surface area contributed by atoms with Crippen LogP contribution in [0, 0.1) is 0 Å². The Bertz CT molecular complexity index is 292. The Kier molecular flexibility index (Phi) is 2.90. The Morgan fingerprint density at radius 1 is 1.38 bits per heavy atom. The first-order chi connectivity index (χ1) is 6.15. The lowest BCUT2D eigenvalue weighted by atomic mass is 9.96. The van der Waals surface area contributed by atoms with Crippen LogP contribution in [-0.2, 0) is 4.79 Å². The van der Waals surface area contributed by atoms with Gasteiger partial charge in [0.25, 0.3) is 0 Å². The summed E-state index contributed by atoms with van der Waals surface area (Å²) in [6.07, 6.45) is 0.721. The molecule has 0 fully saturated rings. The molecule has 0 aliphatic rings. The van der Waals surface area contributed by atoms with Gasteiger partial charge in [0.15, 0.2) is 0 Å². The average Bonchev–Trinajstić information content (AvgIpc) is 2.09. The van der Waals surface area contributed by atoms with E-state index in [1.807, 2.05) is 19.1 Å². The standard InChI is InChI=1S/C10H14N2O/c1-2-9(10(12)13)7-3-5-8(11)6-4-7/h3-6,9H,2,11H2,1H3,(H2,12,13). The first kappa shape index (κ1) is 9.58. The summed E-state index contributed by atoms with van der Waals surface area (Å²) < 4.78 is 0. The second kappa shape index (κ2) is 3.94. The molecular formula is C10H14N2O. The largest absolute Gasteiger partial charge is 0.399 e. The predicted molar refractivity (Wildman–Crippen MR) is 53.1 cm³/mol. The van der Waals surface area contributed by atoms with E-state index in [1.54, 1.807) is 12.1 Å². The molecule has 1 aromatic carbocycles. The third kappa shape index (κ3) is 2.21. The second-order valence-corrected chi connectivity index (χ2v) is 3.03. The Balaban J connectivity index is 2.92. The van der Waals surface area contributed by atoms with Gasteiger partial charge < -0.3 is 11.5 Å². The fourth-order valence-electron chi connectivity index (χ4n) is 1.33. The van der Waals surface area contributed by atoms with Crippen LogP contribution in [0.2, 0.25) is 0 Å². The summed E-state index contributed by atoms with van der Waals surface area (Å²) in [7, 11) is 0. The van der Waals surface area contributed by atoms with Crippen LogP contribution in [-0.4, -0.2) is 5.91 Å². The molecule has 1 atom stereocenters. The van der Waals surface area contributed by atoms with Crippen molar-refractivity contribution in [3.05, 3.63) is 29.8 Å². The summed E-state index contributed by atoms with van der Waals surface area (Å²) in [4.78, 5) is 11.0. The molecule has 0 aliphatic heterocycles. The fraction of sp³-hybridized carbons (Fsp3) is 0.300. The van der Waals surface area contributed by atoms with Crippen molar-refractivity contribution in [3.63, 3.8) is 0 Å². The molecule has 3 nitrogen and oxygen atoms in total. The second-order valence-electron chi connectivity index (χ2n) is 3.03. The highest BCUT2D eigenvalue weighted by Gasteiger charge is 2.14. The van der Waals surface area contributed by atoms with Gasteiger partial charge in [-0.25, -0.2) is 0 Å². The Morgan fingerprint density at radius 2 is 1.92 bits per heavy atom. The molecule has 1 rings (SSSR count). The molecule has 3 heteroatoms. The van der Waals surface area contributed by atoms with Crippen LogP contribution >= 0.6 is 0 Å². The third-order valence-corrected chi connectivity index (χ3v) is 2.09. The van der Waals surface area contributed by atoms with E-state index < -0.39 is 0 Å². The molecule has 70 valence electrons. The van der Waals surface area contributed by atoms with Crippen molar-refractivity contribution in [2.75, 3.05) is 5.73 Å². The molecule has 0 aliphatic carbocycles. The number of rotatable bonds is 3. The van der Waals surface area contributed by atoms with Crippen LogP contribution in [0.5, 0.6) is 0 Å². The lowest BCUT2D eigenvalue weighted by Crippen LogP contribution is -2.20. The summed E-state index contributed by atoms with van der Waals surface area (Å²) >= 11 is 0. The minimum atomic E-state index is -0.285. The zero-order chi connectivity index (χ0) is 9.84. The van der Waals surface area contributed by atoms with Crippen LogP contribution in [0.15, 0.2) is 24.3 Å². The number of benzene rings is 1. The van der Waals surface area contributed by atoms with E-state index in [0.717, 1.165) is 12.0 Å². The molecular weight excluding hydrogens is 164 g/mol. The van der Waals surface area contributed by atoms with Crippen LogP contribution in [0.4, 0.5) is 5.69 Å². The van der Waals surface area contributed by atoms with Crippen LogP contribution in [0.25, 0.3) is 0 Å². The number of anilines is 1. The van der Waals surface area contributed by atoms with E-state index in [1.165, 1.54) is 0 Å². The van der Waals surface area contributed by atoms with Crippen molar-refractivity contribution in [2.45, 2.75) is 19.3 Å². The van der Waals surface area contributed by atoms with E-state index in [-0.39, 0.29) is 11.8 Å². The van der Waals surface area contributed by atoms with Gasteiger partial charge in [0.1, 0.15) is 0 Å². The topological polar surface area (TPSA) is 69.1 Å². The van der Waals surface area contributed by atoms with Gasteiger partial charge >= 0.3 is 0 Å². The number of primary amides is 1. The van der Waals surface area contributed by atoms with Gasteiger partial charge in [-0.05, 0) is 24.1 Å². The first-order valence-electron chi connectivity index (χ1n) is 4.30. The van der Waals surface area contributed by atoms with E-state index in [9.17, 15) is 4.79 Å². The smallest absolute Gasteiger partial charge is 0.224 e. The van der Waals surface area contributed by atoms with E-state index in [4.69, 9.17) is 11.5 Å². The van der Waals surface area contributed by atoms with Gasteiger partial charge in [-0.15, -0.1) is 0 Å². The molecule has 4 N–H and O–H groups in total. The quantitative estimate of drug-likeness (QED) is 0.684. The molecule has 0 radical (unpaired) electrons. The number of amides is 1. The molecule has 0 saturated carbocycles. The Morgan fingerprint density at radius 3 is 2.31 bits per heavy atom. The van der Waals surface area contributed by atoms with Crippen molar-refractivity contribution in [1.82, 2.24) is 0 Å². The molecule has 0 aromatic heterocycles.